The highest BCUT2D eigenvalue weighted by Crippen LogP contribution is 2.14. The molecule has 0 heterocycles. The lowest BCUT2D eigenvalue weighted by Gasteiger charge is -2.33. The Morgan fingerprint density at radius 1 is 1.22 bits per heavy atom. The second kappa shape index (κ2) is 10.1. The Balaban J connectivity index is 0.00000484. The average Bonchev–Trinajstić information content (AvgIpc) is 2.51. The Bertz CT molecular complexity index is 497. The molecular formula is C16H26ClN3O3. The predicted octanol–water partition coefficient (Wildman–Crippen LogP) is 1.09. The molecule has 0 aromatic heterocycles. The van der Waals surface area contributed by atoms with Gasteiger partial charge >= 0.3 is 0 Å². The van der Waals surface area contributed by atoms with E-state index in [1.54, 1.807) is 12.1 Å². The lowest BCUT2D eigenvalue weighted by atomic mass is 9.88. The maximum Gasteiger partial charge on any atom is 0.258 e. The van der Waals surface area contributed by atoms with Gasteiger partial charge in [0.1, 0.15) is 5.75 Å². The molecule has 1 rings (SSSR count). The van der Waals surface area contributed by atoms with E-state index in [1.165, 1.54) is 0 Å². The van der Waals surface area contributed by atoms with Crippen LogP contribution >= 0.6 is 12.4 Å². The van der Waals surface area contributed by atoms with Gasteiger partial charge in [0.15, 0.2) is 6.61 Å². The van der Waals surface area contributed by atoms with Crippen LogP contribution in [-0.4, -0.2) is 37.0 Å². The summed E-state index contributed by atoms with van der Waals surface area (Å²) in [5.74, 6) is 0.184. The number of carbonyl (C=O) groups excluding carboxylic acids is 2. The van der Waals surface area contributed by atoms with Gasteiger partial charge in [-0.2, -0.15) is 0 Å². The molecule has 1 aromatic carbocycles. The van der Waals surface area contributed by atoms with Crippen molar-refractivity contribution in [3.05, 3.63) is 30.3 Å². The average molecular weight is 344 g/mol. The molecular weight excluding hydrogens is 318 g/mol. The summed E-state index contributed by atoms with van der Waals surface area (Å²) in [6.45, 7) is 5.96. The Hall–Kier alpha value is -1.79. The highest BCUT2D eigenvalue weighted by Gasteiger charge is 2.28. The summed E-state index contributed by atoms with van der Waals surface area (Å²) >= 11 is 0. The number of ether oxygens (including phenoxy) is 1. The van der Waals surface area contributed by atoms with E-state index in [1.807, 2.05) is 39.0 Å². The van der Waals surface area contributed by atoms with Gasteiger partial charge in [-0.25, -0.2) is 0 Å². The first kappa shape index (κ1) is 21.2. The Kier molecular flexibility index (Phi) is 9.29. The first-order chi connectivity index (χ1) is 10.4. The molecule has 0 bridgehead atoms. The monoisotopic (exact) mass is 343 g/mol. The van der Waals surface area contributed by atoms with Crippen molar-refractivity contribution in [3.63, 3.8) is 0 Å². The van der Waals surface area contributed by atoms with Crippen molar-refractivity contribution in [3.8, 4) is 5.75 Å². The molecule has 23 heavy (non-hydrogen) atoms. The van der Waals surface area contributed by atoms with E-state index in [0.717, 1.165) is 0 Å². The zero-order valence-electron chi connectivity index (χ0n) is 13.8. The smallest absolute Gasteiger partial charge is 0.258 e. The minimum Gasteiger partial charge on any atom is -0.484 e. The van der Waals surface area contributed by atoms with Gasteiger partial charge in [0.05, 0.1) is 12.1 Å². The number of hydrogen-bond donors (Lipinski definition) is 3. The minimum atomic E-state index is -0.484. The van der Waals surface area contributed by atoms with Crippen LogP contribution in [0.15, 0.2) is 30.3 Å². The minimum absolute atomic E-state index is 0. The van der Waals surface area contributed by atoms with E-state index in [4.69, 9.17) is 10.5 Å². The number of halogens is 1. The summed E-state index contributed by atoms with van der Waals surface area (Å²) in [6, 6.07) is 9.02. The van der Waals surface area contributed by atoms with E-state index in [-0.39, 0.29) is 43.3 Å². The van der Waals surface area contributed by atoms with Crippen LogP contribution in [-0.2, 0) is 9.59 Å². The largest absolute Gasteiger partial charge is 0.484 e. The van der Waals surface area contributed by atoms with Gasteiger partial charge < -0.3 is 21.1 Å². The molecule has 0 aliphatic heterocycles. The van der Waals surface area contributed by atoms with Crippen molar-refractivity contribution in [1.29, 1.82) is 0 Å². The number of nitrogens with one attached hydrogen (secondary N) is 2. The third-order valence-electron chi connectivity index (χ3n) is 3.68. The number of benzene rings is 1. The van der Waals surface area contributed by atoms with Crippen LogP contribution in [0, 0.1) is 5.92 Å². The normalized spacial score (nSPS) is 12.7. The lowest BCUT2D eigenvalue weighted by Crippen LogP contribution is -2.57. The molecule has 0 aliphatic rings. The molecule has 7 heteroatoms. The highest BCUT2D eigenvalue weighted by molar-refractivity contribution is 5.86. The van der Waals surface area contributed by atoms with Gasteiger partial charge in [0, 0.05) is 6.54 Å². The molecule has 0 saturated heterocycles. The SMILES string of the molecule is CC(C)C(C)(CN)NC(=O)CNC(=O)COc1ccccc1.Cl. The fourth-order valence-corrected chi connectivity index (χ4v) is 1.69. The molecule has 0 fully saturated rings. The van der Waals surface area contributed by atoms with Gasteiger partial charge in [0.25, 0.3) is 5.91 Å². The summed E-state index contributed by atoms with van der Waals surface area (Å²) in [5.41, 5.74) is 5.22. The topological polar surface area (TPSA) is 93.5 Å². The van der Waals surface area contributed by atoms with E-state index < -0.39 is 5.54 Å². The molecule has 4 N–H and O–H groups in total. The molecule has 1 unspecified atom stereocenters. The number of hydrogen-bond acceptors (Lipinski definition) is 4. The summed E-state index contributed by atoms with van der Waals surface area (Å²) in [4.78, 5) is 23.5. The standard InChI is InChI=1S/C16H25N3O3.ClH/c1-12(2)16(3,11-17)19-14(20)9-18-15(21)10-22-13-7-5-4-6-8-13;/h4-8,12H,9-11,17H2,1-3H3,(H,18,21)(H,19,20);1H. The maximum atomic E-state index is 11.9. The molecule has 0 aliphatic carbocycles. The van der Waals surface area contributed by atoms with Crippen LogP contribution in [0.5, 0.6) is 5.75 Å². The quantitative estimate of drug-likeness (QED) is 0.658. The van der Waals surface area contributed by atoms with Crippen molar-refractivity contribution in [2.45, 2.75) is 26.3 Å². The highest BCUT2D eigenvalue weighted by atomic mass is 35.5. The lowest BCUT2D eigenvalue weighted by molar-refractivity contribution is -0.128. The maximum absolute atomic E-state index is 11.9. The Labute approximate surface area is 143 Å². The fraction of sp³-hybridized carbons (Fsp3) is 0.500. The van der Waals surface area contributed by atoms with Gasteiger partial charge in [-0.3, -0.25) is 9.59 Å². The zero-order valence-corrected chi connectivity index (χ0v) is 14.6. The van der Waals surface area contributed by atoms with E-state index in [0.29, 0.717) is 12.3 Å². The second-order valence-corrected chi connectivity index (χ2v) is 5.70. The van der Waals surface area contributed by atoms with E-state index in [9.17, 15) is 9.59 Å². The molecule has 130 valence electrons. The van der Waals surface area contributed by atoms with Gasteiger partial charge in [-0.1, -0.05) is 32.0 Å². The summed E-state index contributed by atoms with van der Waals surface area (Å²) in [7, 11) is 0. The van der Waals surface area contributed by atoms with E-state index >= 15 is 0 Å². The van der Waals surface area contributed by atoms with Crippen molar-refractivity contribution >= 4 is 24.2 Å². The third kappa shape index (κ3) is 7.34. The molecule has 6 nitrogen and oxygen atoms in total. The zero-order chi connectivity index (χ0) is 16.6. The summed E-state index contributed by atoms with van der Waals surface area (Å²) in [6.07, 6.45) is 0. The Morgan fingerprint density at radius 2 is 1.83 bits per heavy atom. The molecule has 0 spiro atoms. The molecule has 0 radical (unpaired) electrons. The second-order valence-electron chi connectivity index (χ2n) is 5.70. The van der Waals surface area contributed by atoms with Crippen LogP contribution in [0.3, 0.4) is 0 Å². The molecule has 2 amide bonds. The number of rotatable bonds is 8. The van der Waals surface area contributed by atoms with Crippen molar-refractivity contribution in [2.75, 3.05) is 19.7 Å². The number of para-hydroxylation sites is 1. The van der Waals surface area contributed by atoms with Crippen LogP contribution < -0.4 is 21.1 Å². The molecule has 1 aromatic rings. The van der Waals surface area contributed by atoms with Crippen molar-refractivity contribution in [2.24, 2.45) is 11.7 Å². The van der Waals surface area contributed by atoms with Crippen LogP contribution in [0.25, 0.3) is 0 Å². The van der Waals surface area contributed by atoms with Crippen molar-refractivity contribution < 1.29 is 14.3 Å². The Morgan fingerprint density at radius 3 is 2.35 bits per heavy atom. The summed E-state index contributed by atoms with van der Waals surface area (Å²) in [5, 5.41) is 5.37. The van der Waals surface area contributed by atoms with Gasteiger partial charge in [-0.15, -0.1) is 12.4 Å². The number of amides is 2. The molecule has 0 saturated carbocycles. The van der Waals surface area contributed by atoms with Crippen LogP contribution in [0.4, 0.5) is 0 Å². The number of nitrogens with two attached hydrogens (primary N) is 1. The summed E-state index contributed by atoms with van der Waals surface area (Å²) < 4.78 is 5.30. The first-order valence-corrected chi connectivity index (χ1v) is 7.33. The van der Waals surface area contributed by atoms with Gasteiger partial charge in [0.2, 0.25) is 5.91 Å². The third-order valence-corrected chi connectivity index (χ3v) is 3.68. The number of carbonyl (C=O) groups is 2. The molecule has 1 atom stereocenters. The first-order valence-electron chi connectivity index (χ1n) is 7.33. The van der Waals surface area contributed by atoms with E-state index in [2.05, 4.69) is 10.6 Å². The van der Waals surface area contributed by atoms with Crippen LogP contribution in [0.2, 0.25) is 0 Å². The van der Waals surface area contributed by atoms with Gasteiger partial charge in [-0.05, 0) is 25.0 Å². The fourth-order valence-electron chi connectivity index (χ4n) is 1.69. The predicted molar refractivity (Wildman–Crippen MR) is 92.6 cm³/mol. The van der Waals surface area contributed by atoms with Crippen molar-refractivity contribution in [1.82, 2.24) is 10.6 Å². The van der Waals surface area contributed by atoms with Crippen LogP contribution in [0.1, 0.15) is 20.8 Å².